The molecule has 0 saturated heterocycles. The van der Waals surface area contributed by atoms with E-state index in [0.717, 1.165) is 5.75 Å². The average Bonchev–Trinajstić information content (AvgIpc) is 2.71. The van der Waals surface area contributed by atoms with Gasteiger partial charge in [-0.3, -0.25) is 0 Å². The Kier molecular flexibility index (Phi) is 5.60. The number of ether oxygens (including phenoxy) is 1. The van der Waals surface area contributed by atoms with Crippen LogP contribution in [0.4, 0.5) is 0 Å². The largest absolute Gasteiger partial charge is 0.495 e. The predicted octanol–water partition coefficient (Wildman–Crippen LogP) is 3.86. The number of nitrogens with zero attached hydrogens (tertiary/aromatic N) is 1. The SMILES string of the molecule is CC(C)c1[c-]cc(Oc2nccs2)cc1.[Y]. The number of hydrogen-bond acceptors (Lipinski definition) is 3. The first-order chi connectivity index (χ1) is 7.25. The van der Waals surface area contributed by atoms with E-state index in [-0.39, 0.29) is 32.7 Å². The van der Waals surface area contributed by atoms with E-state index in [1.165, 1.54) is 16.9 Å². The normalized spacial score (nSPS) is 9.94. The third-order valence-corrected chi connectivity index (χ3v) is 2.69. The van der Waals surface area contributed by atoms with Crippen molar-refractivity contribution in [1.82, 2.24) is 4.98 Å². The van der Waals surface area contributed by atoms with Gasteiger partial charge in [0.05, 0.1) is 0 Å². The molecule has 0 atom stereocenters. The molecule has 1 radical (unpaired) electrons. The van der Waals surface area contributed by atoms with Crippen molar-refractivity contribution < 1.29 is 37.4 Å². The molecular formula is C12H12NOSY-. The molecule has 1 aromatic heterocycles. The molecule has 2 nitrogen and oxygen atoms in total. The van der Waals surface area contributed by atoms with Gasteiger partial charge in [-0.15, -0.1) is 12.1 Å². The summed E-state index contributed by atoms with van der Waals surface area (Å²) in [6.07, 6.45) is 1.73. The van der Waals surface area contributed by atoms with Crippen LogP contribution in [0.5, 0.6) is 10.9 Å². The van der Waals surface area contributed by atoms with Crippen molar-refractivity contribution in [2.45, 2.75) is 19.8 Å². The molecule has 0 bridgehead atoms. The maximum absolute atomic E-state index is 5.53. The number of thiazole rings is 1. The first kappa shape index (κ1) is 13.8. The van der Waals surface area contributed by atoms with Crippen LogP contribution in [0.3, 0.4) is 0 Å². The Morgan fingerprint density at radius 3 is 2.69 bits per heavy atom. The molecule has 2 rings (SSSR count). The van der Waals surface area contributed by atoms with Gasteiger partial charge in [0, 0.05) is 50.0 Å². The van der Waals surface area contributed by atoms with E-state index in [0.29, 0.717) is 11.1 Å². The molecule has 0 aliphatic carbocycles. The topological polar surface area (TPSA) is 22.1 Å². The summed E-state index contributed by atoms with van der Waals surface area (Å²) in [6, 6.07) is 9.05. The Morgan fingerprint density at radius 2 is 2.19 bits per heavy atom. The molecule has 0 amide bonds. The first-order valence-corrected chi connectivity index (χ1v) is 5.72. The molecule has 0 spiro atoms. The fourth-order valence-electron chi connectivity index (χ4n) is 1.21. The van der Waals surface area contributed by atoms with Gasteiger partial charge in [-0.05, 0) is 5.92 Å². The molecule has 2 aromatic rings. The van der Waals surface area contributed by atoms with Gasteiger partial charge < -0.3 is 4.74 Å². The van der Waals surface area contributed by atoms with Gasteiger partial charge in [-0.2, -0.15) is 17.7 Å². The van der Waals surface area contributed by atoms with Gasteiger partial charge >= 0.3 is 0 Å². The zero-order chi connectivity index (χ0) is 10.7. The summed E-state index contributed by atoms with van der Waals surface area (Å²) in [5.41, 5.74) is 1.20. The standard InChI is InChI=1S/C12H12NOS.Y/c1-9(2)10-3-5-11(6-4-10)14-12-13-7-8-15-12;/h3,5-9H,1-2H3;/q-1;. The zero-order valence-electron chi connectivity index (χ0n) is 9.31. The molecule has 4 heteroatoms. The van der Waals surface area contributed by atoms with E-state index in [9.17, 15) is 0 Å². The summed E-state index contributed by atoms with van der Waals surface area (Å²) < 4.78 is 5.53. The van der Waals surface area contributed by atoms with Gasteiger partial charge in [-0.25, -0.2) is 4.98 Å². The van der Waals surface area contributed by atoms with Crippen molar-refractivity contribution in [3.8, 4) is 10.9 Å². The fourth-order valence-corrected chi connectivity index (χ4v) is 1.71. The van der Waals surface area contributed by atoms with Crippen molar-refractivity contribution in [2.75, 3.05) is 0 Å². The van der Waals surface area contributed by atoms with E-state index in [1.807, 2.05) is 23.6 Å². The van der Waals surface area contributed by atoms with Gasteiger partial charge in [0.25, 0.3) is 5.19 Å². The quantitative estimate of drug-likeness (QED) is 0.803. The van der Waals surface area contributed by atoms with Crippen molar-refractivity contribution in [3.05, 3.63) is 41.4 Å². The molecule has 1 heterocycles. The minimum absolute atomic E-state index is 0. The fraction of sp³-hybridized carbons (Fsp3) is 0.250. The third-order valence-electron chi connectivity index (χ3n) is 2.05. The Labute approximate surface area is 125 Å². The summed E-state index contributed by atoms with van der Waals surface area (Å²) >= 11 is 1.48. The van der Waals surface area contributed by atoms with E-state index < -0.39 is 0 Å². The predicted molar refractivity (Wildman–Crippen MR) is 61.6 cm³/mol. The van der Waals surface area contributed by atoms with Gasteiger partial charge in [0.2, 0.25) is 0 Å². The number of hydrogen-bond donors (Lipinski definition) is 0. The molecule has 0 fully saturated rings. The maximum Gasteiger partial charge on any atom is 0.266 e. The number of aromatic nitrogens is 1. The van der Waals surface area contributed by atoms with Crippen LogP contribution in [0.2, 0.25) is 0 Å². The van der Waals surface area contributed by atoms with Crippen LogP contribution in [0.1, 0.15) is 25.3 Å². The second-order valence-electron chi connectivity index (χ2n) is 3.53. The van der Waals surface area contributed by atoms with Crippen LogP contribution in [-0.2, 0) is 32.7 Å². The van der Waals surface area contributed by atoms with Crippen LogP contribution < -0.4 is 4.74 Å². The first-order valence-electron chi connectivity index (χ1n) is 4.84. The zero-order valence-corrected chi connectivity index (χ0v) is 13.0. The van der Waals surface area contributed by atoms with Crippen molar-refractivity contribution in [2.24, 2.45) is 0 Å². The molecule has 16 heavy (non-hydrogen) atoms. The average molecular weight is 307 g/mol. The monoisotopic (exact) mass is 307 g/mol. The van der Waals surface area contributed by atoms with Crippen LogP contribution >= 0.6 is 11.3 Å². The van der Waals surface area contributed by atoms with Gasteiger partial charge in [0.15, 0.2) is 0 Å². The molecule has 0 aliphatic heterocycles. The van der Waals surface area contributed by atoms with Crippen LogP contribution in [-0.4, -0.2) is 4.98 Å². The van der Waals surface area contributed by atoms with Gasteiger partial charge in [0.1, 0.15) is 0 Å². The third kappa shape index (κ3) is 3.65. The van der Waals surface area contributed by atoms with Crippen LogP contribution in [0.25, 0.3) is 0 Å². The number of rotatable bonds is 3. The summed E-state index contributed by atoms with van der Waals surface area (Å²) in [6.45, 7) is 4.29. The van der Waals surface area contributed by atoms with E-state index in [1.54, 1.807) is 6.20 Å². The van der Waals surface area contributed by atoms with E-state index in [4.69, 9.17) is 4.74 Å². The molecule has 0 saturated carbocycles. The Morgan fingerprint density at radius 1 is 1.38 bits per heavy atom. The second kappa shape index (κ2) is 6.48. The Bertz CT molecular complexity index is 411. The molecule has 0 N–H and O–H groups in total. The number of benzene rings is 1. The van der Waals surface area contributed by atoms with E-state index >= 15 is 0 Å². The molecular weight excluding hydrogens is 295 g/mol. The van der Waals surface area contributed by atoms with Crippen molar-refractivity contribution in [1.29, 1.82) is 0 Å². The Balaban J connectivity index is 0.00000128. The molecule has 0 unspecified atom stereocenters. The van der Waals surface area contributed by atoms with Crippen LogP contribution in [0.15, 0.2) is 29.8 Å². The second-order valence-corrected chi connectivity index (χ2v) is 4.39. The smallest absolute Gasteiger partial charge is 0.266 e. The minimum Gasteiger partial charge on any atom is -0.495 e. The molecule has 0 aliphatic rings. The van der Waals surface area contributed by atoms with Crippen molar-refractivity contribution >= 4 is 11.3 Å². The summed E-state index contributed by atoms with van der Waals surface area (Å²) in [7, 11) is 0. The Hall–Kier alpha value is -0.246. The summed E-state index contributed by atoms with van der Waals surface area (Å²) in [5.74, 6) is 1.29. The summed E-state index contributed by atoms with van der Waals surface area (Å²) in [4.78, 5) is 4.05. The van der Waals surface area contributed by atoms with Crippen LogP contribution in [0, 0.1) is 6.07 Å². The summed E-state index contributed by atoms with van der Waals surface area (Å²) in [5, 5.41) is 2.56. The van der Waals surface area contributed by atoms with Crippen molar-refractivity contribution in [3.63, 3.8) is 0 Å². The molecule has 81 valence electrons. The van der Waals surface area contributed by atoms with E-state index in [2.05, 4.69) is 24.9 Å². The van der Waals surface area contributed by atoms with Gasteiger partial charge in [-0.1, -0.05) is 25.2 Å². The minimum atomic E-state index is 0. The molecule has 1 aromatic carbocycles. The maximum atomic E-state index is 5.53.